The van der Waals surface area contributed by atoms with Gasteiger partial charge in [-0.1, -0.05) is 13.1 Å². The molecule has 4 nitrogen and oxygen atoms in total. The molecule has 0 atom stereocenters. The van der Waals surface area contributed by atoms with E-state index in [0.29, 0.717) is 11.5 Å². The molecule has 0 amide bonds. The summed E-state index contributed by atoms with van der Waals surface area (Å²) in [5.41, 5.74) is 6.68. The third-order valence-corrected chi connectivity index (χ3v) is 2.01. The van der Waals surface area contributed by atoms with Gasteiger partial charge < -0.3 is 15.3 Å². The molecule has 2 heterocycles. The molecule has 5 heteroatoms. The number of aromatic nitrogens is 2. The summed E-state index contributed by atoms with van der Waals surface area (Å²) < 4.78 is 1.42. The summed E-state index contributed by atoms with van der Waals surface area (Å²) in [5, 5.41) is 0. The van der Waals surface area contributed by atoms with Crippen molar-refractivity contribution in [3.63, 3.8) is 0 Å². The van der Waals surface area contributed by atoms with Gasteiger partial charge in [0.25, 0.3) is 0 Å². The number of nitrogens with zero attached hydrogens (tertiary/aromatic N) is 2. The summed E-state index contributed by atoms with van der Waals surface area (Å²) in [6, 6.07) is 7.68. The smallest absolute Gasteiger partial charge is 0.247 e. The largest absolute Gasteiger partial charge is 0.399 e. The molecule has 0 fully saturated rings. The zero-order chi connectivity index (χ0) is 10.8. The zero-order valence-electron chi connectivity index (χ0n) is 8.84. The number of anilines is 1. The van der Waals surface area contributed by atoms with Crippen molar-refractivity contribution in [2.45, 2.75) is 6.92 Å². The van der Waals surface area contributed by atoms with E-state index in [1.54, 1.807) is 24.5 Å². The van der Waals surface area contributed by atoms with Gasteiger partial charge in [-0.05, 0) is 6.07 Å². The van der Waals surface area contributed by atoms with E-state index < -0.39 is 0 Å². The van der Waals surface area contributed by atoms with E-state index in [1.165, 1.54) is 10.6 Å². The molecule has 2 rings (SSSR count). The summed E-state index contributed by atoms with van der Waals surface area (Å²) in [5.74, 6) is 0.547. The van der Waals surface area contributed by atoms with Crippen molar-refractivity contribution < 1.29 is 32.7 Å². The first-order chi connectivity index (χ1) is 7.16. The van der Waals surface area contributed by atoms with E-state index in [0.717, 1.165) is 5.56 Å². The van der Waals surface area contributed by atoms with E-state index in [1.807, 2.05) is 6.92 Å². The molecule has 0 aliphatic heterocycles. The zero-order valence-corrected chi connectivity index (χ0v) is 11.7. The maximum absolute atomic E-state index is 11.6. The Hall–Kier alpha value is -0.996. The van der Waals surface area contributed by atoms with Crippen molar-refractivity contribution in [3.8, 4) is 5.82 Å². The number of nitrogen functional groups attached to an aromatic ring is 1. The van der Waals surface area contributed by atoms with Gasteiger partial charge in [0, 0.05) is 56.5 Å². The number of pyridine rings is 2. The topological polar surface area (TPSA) is 60.9 Å². The fraction of sp³-hybridized carbons (Fsp3) is 0.0909. The maximum Gasteiger partial charge on any atom is 0.247 e. The maximum atomic E-state index is 11.6. The van der Waals surface area contributed by atoms with Gasteiger partial charge in [0.1, 0.15) is 0 Å². The Bertz CT molecular complexity index is 534. The first kappa shape index (κ1) is 13.1. The van der Waals surface area contributed by atoms with Gasteiger partial charge in [0.05, 0.1) is 0 Å². The molecule has 2 aromatic rings. The average molecular weight is 289 g/mol. The van der Waals surface area contributed by atoms with Gasteiger partial charge in [-0.3, -0.25) is 4.79 Å². The van der Waals surface area contributed by atoms with Crippen LogP contribution in [0, 0.1) is 13.0 Å². The molecule has 1 radical (unpaired) electrons. The van der Waals surface area contributed by atoms with Gasteiger partial charge in [-0.15, -0.1) is 11.6 Å². The average Bonchev–Trinajstić information content (AvgIpc) is 2.20. The standard InChI is InChI=1S/C11H10N3O.Y/c1-8-2-3-10(13-7-8)14-5-4-9(12)6-11(14)15;/h3-7H,12H2,1H3;/q-1;. The van der Waals surface area contributed by atoms with Crippen LogP contribution in [0.3, 0.4) is 0 Å². The minimum absolute atomic E-state index is 0. The van der Waals surface area contributed by atoms with E-state index >= 15 is 0 Å². The van der Waals surface area contributed by atoms with E-state index in [9.17, 15) is 4.79 Å². The van der Waals surface area contributed by atoms with Crippen molar-refractivity contribution in [2.75, 3.05) is 5.73 Å². The Morgan fingerprint density at radius 2 is 2.25 bits per heavy atom. The third kappa shape index (κ3) is 2.77. The monoisotopic (exact) mass is 289 g/mol. The van der Waals surface area contributed by atoms with Crippen LogP contribution < -0.4 is 11.3 Å². The molecule has 0 aromatic carbocycles. The Morgan fingerprint density at radius 3 is 2.81 bits per heavy atom. The van der Waals surface area contributed by atoms with Crippen molar-refractivity contribution >= 4 is 5.69 Å². The Kier molecular flexibility index (Phi) is 4.39. The summed E-state index contributed by atoms with van der Waals surface area (Å²) in [6.45, 7) is 1.89. The Balaban J connectivity index is 0.00000128. The molecule has 0 bridgehead atoms. The number of nitrogens with two attached hydrogens (primary N) is 1. The van der Waals surface area contributed by atoms with E-state index in [2.05, 4.69) is 11.1 Å². The number of rotatable bonds is 1. The van der Waals surface area contributed by atoms with Crippen LogP contribution in [-0.2, 0) is 32.7 Å². The molecular formula is C11H10N3OY-. The Labute approximate surface area is 118 Å². The molecule has 16 heavy (non-hydrogen) atoms. The molecule has 0 saturated heterocycles. The molecule has 0 aliphatic rings. The van der Waals surface area contributed by atoms with Crippen LogP contribution in [0.4, 0.5) is 5.69 Å². The summed E-state index contributed by atoms with van der Waals surface area (Å²) in [7, 11) is 0. The molecule has 0 unspecified atom stereocenters. The first-order valence-corrected chi connectivity index (χ1v) is 4.50. The second-order valence-electron chi connectivity index (χ2n) is 3.26. The van der Waals surface area contributed by atoms with Crippen LogP contribution in [-0.4, -0.2) is 9.55 Å². The third-order valence-electron chi connectivity index (χ3n) is 2.01. The summed E-state index contributed by atoms with van der Waals surface area (Å²) in [4.78, 5) is 15.7. The van der Waals surface area contributed by atoms with Crippen LogP contribution in [0.1, 0.15) is 5.56 Å². The van der Waals surface area contributed by atoms with Crippen LogP contribution >= 0.6 is 0 Å². The van der Waals surface area contributed by atoms with Gasteiger partial charge in [-0.25, -0.2) is 0 Å². The van der Waals surface area contributed by atoms with Gasteiger partial charge >= 0.3 is 0 Å². The number of hydrogen-bond donors (Lipinski definition) is 1. The predicted octanol–water partition coefficient (Wildman–Crippen LogP) is 0.921. The fourth-order valence-electron chi connectivity index (χ4n) is 1.23. The normalized spacial score (nSPS) is 9.56. The van der Waals surface area contributed by atoms with Crippen LogP contribution in [0.2, 0.25) is 0 Å². The predicted molar refractivity (Wildman–Crippen MR) is 57.8 cm³/mol. The molecule has 79 valence electrons. The van der Waals surface area contributed by atoms with Crippen LogP contribution in [0.5, 0.6) is 0 Å². The molecule has 0 aliphatic carbocycles. The summed E-state index contributed by atoms with van der Waals surface area (Å²) in [6.07, 6.45) is 3.27. The fourth-order valence-corrected chi connectivity index (χ4v) is 1.23. The number of aryl methyl sites for hydroxylation is 1. The van der Waals surface area contributed by atoms with Gasteiger partial charge in [0.15, 0.2) is 0 Å². The first-order valence-electron chi connectivity index (χ1n) is 4.50. The van der Waals surface area contributed by atoms with Crippen molar-refractivity contribution in [3.05, 3.63) is 52.6 Å². The summed E-state index contributed by atoms with van der Waals surface area (Å²) >= 11 is 0. The minimum atomic E-state index is -0.195. The second kappa shape index (κ2) is 5.37. The van der Waals surface area contributed by atoms with Crippen molar-refractivity contribution in [1.29, 1.82) is 0 Å². The van der Waals surface area contributed by atoms with Gasteiger partial charge in [-0.2, -0.15) is 6.07 Å². The quantitative estimate of drug-likeness (QED) is 0.794. The minimum Gasteiger partial charge on any atom is -0.399 e. The van der Waals surface area contributed by atoms with Crippen LogP contribution in [0.25, 0.3) is 5.82 Å². The van der Waals surface area contributed by atoms with Crippen molar-refractivity contribution in [2.24, 2.45) is 0 Å². The number of hydrogen-bond acceptors (Lipinski definition) is 3. The molecule has 2 N–H and O–H groups in total. The molecular weight excluding hydrogens is 279 g/mol. The van der Waals surface area contributed by atoms with Crippen molar-refractivity contribution in [1.82, 2.24) is 9.55 Å². The molecule has 2 aromatic heterocycles. The molecule has 0 spiro atoms. The van der Waals surface area contributed by atoms with Gasteiger partial charge in [0.2, 0.25) is 5.56 Å². The SMILES string of the molecule is Cc1[c-]cc(-n2ccc(N)cc2=O)nc1.[Y]. The van der Waals surface area contributed by atoms with E-state index in [4.69, 9.17) is 5.73 Å². The Morgan fingerprint density at radius 1 is 1.50 bits per heavy atom. The van der Waals surface area contributed by atoms with E-state index in [-0.39, 0.29) is 38.3 Å². The second-order valence-corrected chi connectivity index (χ2v) is 3.26. The molecule has 0 saturated carbocycles. The van der Waals surface area contributed by atoms with Crippen LogP contribution in [0.15, 0.2) is 35.4 Å².